The van der Waals surface area contributed by atoms with Crippen molar-refractivity contribution in [3.8, 4) is 0 Å². The van der Waals surface area contributed by atoms with E-state index in [1.165, 1.54) is 40.5 Å². The number of carbonyl (C=O) groups excluding carboxylic acids is 3. The molecule has 1 aromatic heterocycles. The fourth-order valence-electron chi connectivity index (χ4n) is 4.18. The molecular formula is C26H26FN3O3S. The van der Waals surface area contributed by atoms with E-state index in [2.05, 4.69) is 10.6 Å². The van der Waals surface area contributed by atoms with Gasteiger partial charge in [-0.1, -0.05) is 49.2 Å². The molecule has 1 atom stereocenters. The van der Waals surface area contributed by atoms with E-state index >= 15 is 0 Å². The second kappa shape index (κ2) is 11.1. The highest BCUT2D eigenvalue weighted by molar-refractivity contribution is 7.12. The number of benzene rings is 2. The van der Waals surface area contributed by atoms with Crippen LogP contribution in [0.3, 0.4) is 0 Å². The van der Waals surface area contributed by atoms with Crippen molar-refractivity contribution < 1.29 is 18.8 Å². The first-order chi connectivity index (χ1) is 16.5. The maximum Gasteiger partial charge on any atom is 0.261 e. The molecule has 3 amide bonds. The van der Waals surface area contributed by atoms with Gasteiger partial charge in [-0.2, -0.15) is 0 Å². The molecule has 1 saturated carbocycles. The summed E-state index contributed by atoms with van der Waals surface area (Å²) in [4.78, 5) is 41.3. The average molecular weight is 480 g/mol. The number of rotatable bonds is 8. The van der Waals surface area contributed by atoms with Crippen LogP contribution in [0.2, 0.25) is 0 Å². The van der Waals surface area contributed by atoms with Crippen LogP contribution in [0.15, 0.2) is 72.1 Å². The van der Waals surface area contributed by atoms with E-state index in [0.717, 1.165) is 25.7 Å². The standard InChI is InChI=1S/C26H26FN3O3S/c27-19-12-14-21(15-13-19)30(23(31)17-28-25(32)22-11-6-16-34-22)24(18-7-2-1-3-8-18)26(33)29-20-9-4-5-10-20/h1-3,6-8,11-16,20,24H,4-5,9-10,17H2,(H,28,32)(H,29,33)/t24-/m1/s1. The third kappa shape index (κ3) is 5.69. The smallest absolute Gasteiger partial charge is 0.261 e. The monoisotopic (exact) mass is 479 g/mol. The van der Waals surface area contributed by atoms with E-state index in [4.69, 9.17) is 0 Å². The van der Waals surface area contributed by atoms with Gasteiger partial charge >= 0.3 is 0 Å². The van der Waals surface area contributed by atoms with Gasteiger partial charge in [-0.05, 0) is 54.1 Å². The second-order valence-corrected chi connectivity index (χ2v) is 9.15. The minimum absolute atomic E-state index is 0.0578. The van der Waals surface area contributed by atoms with Crippen molar-refractivity contribution in [3.05, 3.63) is 88.4 Å². The number of anilines is 1. The van der Waals surface area contributed by atoms with E-state index in [0.29, 0.717) is 16.1 Å². The first-order valence-corrected chi connectivity index (χ1v) is 12.2. The summed E-state index contributed by atoms with van der Waals surface area (Å²) in [6, 6.07) is 16.9. The van der Waals surface area contributed by atoms with Gasteiger partial charge in [-0.15, -0.1) is 11.3 Å². The summed E-state index contributed by atoms with van der Waals surface area (Å²) in [5.41, 5.74) is 0.993. The van der Waals surface area contributed by atoms with Crippen molar-refractivity contribution in [3.63, 3.8) is 0 Å². The number of hydrogen-bond acceptors (Lipinski definition) is 4. The Hall–Kier alpha value is -3.52. The number of nitrogens with zero attached hydrogens (tertiary/aromatic N) is 1. The van der Waals surface area contributed by atoms with E-state index in [-0.39, 0.29) is 24.4 Å². The van der Waals surface area contributed by atoms with Gasteiger partial charge < -0.3 is 10.6 Å². The minimum atomic E-state index is -0.974. The van der Waals surface area contributed by atoms with Gasteiger partial charge in [0, 0.05) is 11.7 Å². The van der Waals surface area contributed by atoms with Crippen LogP contribution >= 0.6 is 11.3 Å². The molecule has 8 heteroatoms. The van der Waals surface area contributed by atoms with E-state index in [1.807, 2.05) is 6.07 Å². The van der Waals surface area contributed by atoms with Gasteiger partial charge in [0.1, 0.15) is 11.9 Å². The SMILES string of the molecule is O=C(NCC(=O)N(c1ccc(F)cc1)[C@@H](C(=O)NC1CCCC1)c1ccccc1)c1cccs1. The lowest BCUT2D eigenvalue weighted by atomic mass is 10.0. The van der Waals surface area contributed by atoms with Crippen LogP contribution in [-0.2, 0) is 9.59 Å². The van der Waals surface area contributed by atoms with E-state index in [1.54, 1.807) is 41.8 Å². The number of amides is 3. The van der Waals surface area contributed by atoms with Crippen molar-refractivity contribution in [1.29, 1.82) is 0 Å². The molecule has 1 aliphatic carbocycles. The lowest BCUT2D eigenvalue weighted by Crippen LogP contribution is -2.49. The Morgan fingerprint density at radius 1 is 0.971 bits per heavy atom. The summed E-state index contributed by atoms with van der Waals surface area (Å²) < 4.78 is 13.7. The van der Waals surface area contributed by atoms with Gasteiger partial charge in [-0.25, -0.2) is 4.39 Å². The van der Waals surface area contributed by atoms with Crippen LogP contribution in [-0.4, -0.2) is 30.3 Å². The van der Waals surface area contributed by atoms with Crippen molar-refractivity contribution in [2.24, 2.45) is 0 Å². The Morgan fingerprint density at radius 3 is 2.32 bits per heavy atom. The van der Waals surface area contributed by atoms with Crippen LogP contribution in [0.4, 0.5) is 10.1 Å². The highest BCUT2D eigenvalue weighted by Gasteiger charge is 2.34. The summed E-state index contributed by atoms with van der Waals surface area (Å²) in [7, 11) is 0. The zero-order chi connectivity index (χ0) is 23.9. The lowest BCUT2D eigenvalue weighted by Gasteiger charge is -2.32. The molecule has 0 unspecified atom stereocenters. The Labute approximate surface area is 201 Å². The zero-order valence-electron chi connectivity index (χ0n) is 18.6. The Balaban J connectivity index is 1.65. The second-order valence-electron chi connectivity index (χ2n) is 8.20. The molecule has 3 aromatic rings. The molecule has 0 saturated heterocycles. The molecule has 0 bridgehead atoms. The number of hydrogen-bond donors (Lipinski definition) is 2. The van der Waals surface area contributed by atoms with Gasteiger partial charge in [0.15, 0.2) is 0 Å². The van der Waals surface area contributed by atoms with Crippen molar-refractivity contribution >= 4 is 34.7 Å². The van der Waals surface area contributed by atoms with Gasteiger partial charge in [0.25, 0.3) is 5.91 Å². The quantitative estimate of drug-likeness (QED) is 0.501. The minimum Gasteiger partial charge on any atom is -0.351 e. The highest BCUT2D eigenvalue weighted by atomic mass is 32.1. The maximum absolute atomic E-state index is 13.7. The largest absolute Gasteiger partial charge is 0.351 e. The Kier molecular flexibility index (Phi) is 7.69. The molecule has 0 radical (unpaired) electrons. The molecule has 2 N–H and O–H groups in total. The molecule has 4 rings (SSSR count). The van der Waals surface area contributed by atoms with Crippen molar-refractivity contribution in [2.45, 2.75) is 37.8 Å². The Morgan fingerprint density at radius 2 is 1.68 bits per heavy atom. The average Bonchev–Trinajstić information content (AvgIpc) is 3.57. The molecule has 0 spiro atoms. The summed E-state index contributed by atoms with van der Waals surface area (Å²) >= 11 is 1.27. The van der Waals surface area contributed by atoms with Crippen molar-refractivity contribution in [1.82, 2.24) is 10.6 Å². The summed E-state index contributed by atoms with van der Waals surface area (Å²) in [6.45, 7) is -0.311. The molecule has 2 aromatic carbocycles. The summed E-state index contributed by atoms with van der Waals surface area (Å²) in [5, 5.41) is 7.51. The molecule has 1 fully saturated rings. The first-order valence-electron chi connectivity index (χ1n) is 11.3. The zero-order valence-corrected chi connectivity index (χ0v) is 19.4. The number of halogens is 1. The molecule has 6 nitrogen and oxygen atoms in total. The summed E-state index contributed by atoms with van der Waals surface area (Å²) in [6.07, 6.45) is 3.90. The molecule has 1 heterocycles. The van der Waals surface area contributed by atoms with Gasteiger partial charge in [0.2, 0.25) is 11.8 Å². The van der Waals surface area contributed by atoms with E-state index in [9.17, 15) is 18.8 Å². The third-order valence-electron chi connectivity index (χ3n) is 5.84. The first kappa shape index (κ1) is 23.6. The molecule has 34 heavy (non-hydrogen) atoms. The predicted octanol–water partition coefficient (Wildman–Crippen LogP) is 4.45. The fourth-order valence-corrected chi connectivity index (χ4v) is 4.82. The topological polar surface area (TPSA) is 78.5 Å². The van der Waals surface area contributed by atoms with Gasteiger partial charge in [0.05, 0.1) is 11.4 Å². The number of carbonyl (C=O) groups is 3. The maximum atomic E-state index is 13.7. The van der Waals surface area contributed by atoms with Crippen LogP contribution in [0, 0.1) is 5.82 Å². The van der Waals surface area contributed by atoms with Crippen LogP contribution < -0.4 is 15.5 Å². The Bertz CT molecular complexity index is 1110. The van der Waals surface area contributed by atoms with Crippen LogP contribution in [0.1, 0.15) is 47.0 Å². The molecule has 0 aliphatic heterocycles. The van der Waals surface area contributed by atoms with Gasteiger partial charge in [-0.3, -0.25) is 19.3 Å². The summed E-state index contributed by atoms with van der Waals surface area (Å²) in [5.74, 6) is -1.60. The molecular weight excluding hydrogens is 453 g/mol. The van der Waals surface area contributed by atoms with Crippen molar-refractivity contribution in [2.75, 3.05) is 11.4 Å². The molecule has 176 valence electrons. The number of nitrogens with one attached hydrogen (secondary N) is 2. The normalized spacial score (nSPS) is 14.4. The van der Waals surface area contributed by atoms with Crippen LogP contribution in [0.5, 0.6) is 0 Å². The number of thiophene rings is 1. The van der Waals surface area contributed by atoms with Crippen LogP contribution in [0.25, 0.3) is 0 Å². The predicted molar refractivity (Wildman–Crippen MR) is 130 cm³/mol. The third-order valence-corrected chi connectivity index (χ3v) is 6.71. The lowest BCUT2D eigenvalue weighted by molar-refractivity contribution is -0.126. The molecule has 1 aliphatic rings. The van der Waals surface area contributed by atoms with E-state index < -0.39 is 17.8 Å². The fraction of sp³-hybridized carbons (Fsp3) is 0.269. The highest BCUT2D eigenvalue weighted by Crippen LogP contribution is 2.29.